The Bertz CT molecular complexity index is 449. The summed E-state index contributed by atoms with van der Waals surface area (Å²) >= 11 is 0. The van der Waals surface area contributed by atoms with E-state index in [0.29, 0.717) is 12.1 Å². The molecule has 1 aromatic rings. The van der Waals surface area contributed by atoms with Gasteiger partial charge in [-0.15, -0.1) is 17.0 Å². The Kier molecular flexibility index (Phi) is 5.16. The highest BCUT2D eigenvalue weighted by molar-refractivity contribution is 8.93. The molecule has 1 aliphatic heterocycles. The highest BCUT2D eigenvalue weighted by atomic mass is 79.9. The highest BCUT2D eigenvalue weighted by Crippen LogP contribution is 2.36. The molecule has 3 N–H and O–H groups in total. The van der Waals surface area contributed by atoms with Crippen molar-refractivity contribution in [1.82, 2.24) is 5.32 Å². The molecule has 0 aromatic heterocycles. The number of halogens is 1. The van der Waals surface area contributed by atoms with Gasteiger partial charge in [0, 0.05) is 6.04 Å². The van der Waals surface area contributed by atoms with Crippen LogP contribution in [-0.4, -0.2) is 17.6 Å². The van der Waals surface area contributed by atoms with Gasteiger partial charge in [-0.3, -0.25) is 4.79 Å². The van der Waals surface area contributed by atoms with Crippen LogP contribution in [0, 0.1) is 0 Å². The molecular formula is C13H19BrN2O2. The van der Waals surface area contributed by atoms with Crippen LogP contribution in [0.4, 0.5) is 5.69 Å². The zero-order valence-electron chi connectivity index (χ0n) is 10.6. The van der Waals surface area contributed by atoms with Crippen LogP contribution in [0.2, 0.25) is 0 Å². The third-order valence-electron chi connectivity index (χ3n) is 3.10. The van der Waals surface area contributed by atoms with E-state index in [0.717, 1.165) is 24.1 Å². The van der Waals surface area contributed by atoms with E-state index in [9.17, 15) is 9.90 Å². The number of amides is 1. The summed E-state index contributed by atoms with van der Waals surface area (Å²) in [7, 11) is 0. The van der Waals surface area contributed by atoms with Crippen LogP contribution in [0.5, 0.6) is 5.75 Å². The molecule has 1 amide bonds. The molecule has 18 heavy (non-hydrogen) atoms. The largest absolute Gasteiger partial charge is 0.506 e. The maximum absolute atomic E-state index is 11.4. The first-order chi connectivity index (χ1) is 8.13. The van der Waals surface area contributed by atoms with E-state index in [-0.39, 0.29) is 34.7 Å². The second-order valence-electron chi connectivity index (χ2n) is 4.43. The van der Waals surface area contributed by atoms with Crippen LogP contribution in [0.15, 0.2) is 12.1 Å². The van der Waals surface area contributed by atoms with E-state index < -0.39 is 0 Å². The predicted molar refractivity (Wildman–Crippen MR) is 77.5 cm³/mol. The normalized spacial score (nSPS) is 14.7. The predicted octanol–water partition coefficient (Wildman–Crippen LogP) is 2.53. The van der Waals surface area contributed by atoms with Crippen molar-refractivity contribution in [3.05, 3.63) is 23.3 Å². The van der Waals surface area contributed by atoms with E-state index in [1.165, 1.54) is 0 Å². The van der Waals surface area contributed by atoms with Crippen molar-refractivity contribution in [3.8, 4) is 5.75 Å². The average molecular weight is 315 g/mol. The number of hydrogen-bond donors (Lipinski definition) is 3. The zero-order chi connectivity index (χ0) is 12.4. The summed E-state index contributed by atoms with van der Waals surface area (Å²) in [5, 5.41) is 15.8. The van der Waals surface area contributed by atoms with E-state index in [1.54, 1.807) is 6.07 Å². The molecular weight excluding hydrogens is 296 g/mol. The van der Waals surface area contributed by atoms with Gasteiger partial charge in [0.05, 0.1) is 12.1 Å². The molecule has 5 heteroatoms. The first kappa shape index (κ1) is 15.0. The second-order valence-corrected chi connectivity index (χ2v) is 4.43. The Hall–Kier alpha value is -1.07. The fraction of sp³-hybridized carbons (Fsp3) is 0.462. The van der Waals surface area contributed by atoms with Gasteiger partial charge in [-0.05, 0) is 37.1 Å². The maximum Gasteiger partial charge on any atom is 0.228 e. The molecule has 0 fully saturated rings. The quantitative estimate of drug-likeness (QED) is 0.748. The Morgan fingerprint density at radius 1 is 1.50 bits per heavy atom. The summed E-state index contributed by atoms with van der Waals surface area (Å²) in [6.07, 6.45) is 1.43. The van der Waals surface area contributed by atoms with Crippen LogP contribution in [0.3, 0.4) is 0 Å². The van der Waals surface area contributed by atoms with Gasteiger partial charge in [-0.1, -0.05) is 13.0 Å². The molecule has 1 unspecified atom stereocenters. The Morgan fingerprint density at radius 2 is 2.22 bits per heavy atom. The molecule has 0 saturated carbocycles. The van der Waals surface area contributed by atoms with E-state index in [2.05, 4.69) is 24.5 Å². The molecule has 0 saturated heterocycles. The lowest BCUT2D eigenvalue weighted by molar-refractivity contribution is -0.115. The highest BCUT2D eigenvalue weighted by Gasteiger charge is 2.25. The van der Waals surface area contributed by atoms with Crippen molar-refractivity contribution in [2.45, 2.75) is 32.7 Å². The van der Waals surface area contributed by atoms with E-state index in [1.807, 2.05) is 6.07 Å². The van der Waals surface area contributed by atoms with Crippen molar-refractivity contribution in [1.29, 1.82) is 0 Å². The van der Waals surface area contributed by atoms with Crippen molar-refractivity contribution < 1.29 is 9.90 Å². The average Bonchev–Trinajstić information content (AvgIpc) is 2.69. The van der Waals surface area contributed by atoms with Crippen LogP contribution >= 0.6 is 17.0 Å². The van der Waals surface area contributed by atoms with Gasteiger partial charge in [-0.2, -0.15) is 0 Å². The molecule has 0 bridgehead atoms. The van der Waals surface area contributed by atoms with Gasteiger partial charge in [0.2, 0.25) is 5.91 Å². The molecule has 4 nitrogen and oxygen atoms in total. The topological polar surface area (TPSA) is 61.4 Å². The molecule has 1 aliphatic rings. The first-order valence-corrected chi connectivity index (χ1v) is 6.01. The third-order valence-corrected chi connectivity index (χ3v) is 3.10. The van der Waals surface area contributed by atoms with Crippen LogP contribution in [0.1, 0.15) is 37.4 Å². The summed E-state index contributed by atoms with van der Waals surface area (Å²) in [5.74, 6) is 0.0998. The number of fused-ring (bicyclic) bond motifs is 1. The van der Waals surface area contributed by atoms with Gasteiger partial charge in [0.15, 0.2) is 0 Å². The Morgan fingerprint density at radius 3 is 2.89 bits per heavy atom. The van der Waals surface area contributed by atoms with Crippen molar-refractivity contribution >= 4 is 28.6 Å². The number of aromatic hydroxyl groups is 1. The smallest absolute Gasteiger partial charge is 0.228 e. The van der Waals surface area contributed by atoms with Gasteiger partial charge in [-0.25, -0.2) is 0 Å². The Balaban J connectivity index is 0.00000162. The van der Waals surface area contributed by atoms with Crippen LogP contribution in [0.25, 0.3) is 0 Å². The van der Waals surface area contributed by atoms with Gasteiger partial charge >= 0.3 is 0 Å². The Labute approximate surface area is 118 Å². The molecule has 0 spiro atoms. The summed E-state index contributed by atoms with van der Waals surface area (Å²) in [4.78, 5) is 11.4. The van der Waals surface area contributed by atoms with Crippen molar-refractivity contribution in [3.63, 3.8) is 0 Å². The summed E-state index contributed by atoms with van der Waals surface area (Å²) in [6.45, 7) is 5.13. The van der Waals surface area contributed by atoms with Gasteiger partial charge in [0.1, 0.15) is 5.75 Å². The summed E-state index contributed by atoms with van der Waals surface area (Å²) < 4.78 is 0. The fourth-order valence-electron chi connectivity index (χ4n) is 2.20. The number of phenols is 1. The number of rotatable bonds is 4. The number of hydrogen-bond acceptors (Lipinski definition) is 3. The monoisotopic (exact) mass is 314 g/mol. The van der Waals surface area contributed by atoms with Crippen LogP contribution in [-0.2, 0) is 11.2 Å². The molecule has 1 atom stereocenters. The zero-order valence-corrected chi connectivity index (χ0v) is 12.3. The number of phenolic OH excluding ortho intramolecular Hbond substituents is 1. The molecule has 1 heterocycles. The molecule has 2 rings (SSSR count). The second kappa shape index (κ2) is 6.20. The van der Waals surface area contributed by atoms with E-state index in [4.69, 9.17) is 0 Å². The maximum atomic E-state index is 11.4. The molecule has 0 radical (unpaired) electrons. The summed E-state index contributed by atoms with van der Waals surface area (Å²) in [5.41, 5.74) is 2.59. The standard InChI is InChI=1S/C13H18N2O2.BrH/c1-3-6-14-8(2)9-4-5-11(16)13-10(9)7-12(17)15-13;/h4-5,8,14,16H,3,6-7H2,1-2H3,(H,15,17);1H. The van der Waals surface area contributed by atoms with Crippen LogP contribution < -0.4 is 10.6 Å². The number of carbonyl (C=O) groups is 1. The number of anilines is 1. The van der Waals surface area contributed by atoms with Gasteiger partial charge in [0.25, 0.3) is 0 Å². The minimum absolute atomic E-state index is 0. The third kappa shape index (κ3) is 2.84. The fourth-order valence-corrected chi connectivity index (χ4v) is 2.20. The first-order valence-electron chi connectivity index (χ1n) is 6.01. The molecule has 0 aliphatic carbocycles. The SMILES string of the molecule is Br.CCCNC(C)c1ccc(O)c2c1CC(=O)N2. The minimum Gasteiger partial charge on any atom is -0.506 e. The lowest BCUT2D eigenvalue weighted by atomic mass is 9.98. The minimum atomic E-state index is -0.0505. The molecule has 1 aromatic carbocycles. The molecule has 100 valence electrons. The number of nitrogens with one attached hydrogen (secondary N) is 2. The lowest BCUT2D eigenvalue weighted by Gasteiger charge is -2.17. The van der Waals surface area contributed by atoms with Crippen molar-refractivity contribution in [2.75, 3.05) is 11.9 Å². The lowest BCUT2D eigenvalue weighted by Crippen LogP contribution is -2.20. The van der Waals surface area contributed by atoms with Gasteiger partial charge < -0.3 is 15.7 Å². The number of carbonyl (C=O) groups excluding carboxylic acids is 1. The number of benzene rings is 1. The van der Waals surface area contributed by atoms with Crippen molar-refractivity contribution in [2.24, 2.45) is 0 Å². The summed E-state index contributed by atoms with van der Waals surface area (Å²) in [6, 6.07) is 3.73. The van der Waals surface area contributed by atoms with E-state index >= 15 is 0 Å².